The maximum absolute atomic E-state index is 5.90. The van der Waals surface area contributed by atoms with E-state index in [1.165, 1.54) is 16.7 Å². The summed E-state index contributed by atoms with van der Waals surface area (Å²) in [7, 11) is 2.11. The molecule has 4 heteroatoms. The van der Waals surface area contributed by atoms with Gasteiger partial charge in [-0.2, -0.15) is 0 Å². The molecule has 0 spiro atoms. The highest BCUT2D eigenvalue weighted by atomic mass is 35.5. The van der Waals surface area contributed by atoms with Gasteiger partial charge in [0.1, 0.15) is 4.99 Å². The number of nitrogens with zero attached hydrogens (tertiary/aromatic N) is 1. The van der Waals surface area contributed by atoms with Crippen molar-refractivity contribution in [1.82, 2.24) is 4.90 Å². The Morgan fingerprint density at radius 2 is 1.81 bits per heavy atom. The number of benzene rings is 2. The number of halogens is 1. The molecule has 0 radical (unpaired) electrons. The molecule has 110 valence electrons. The Labute approximate surface area is 136 Å². The molecule has 2 aromatic rings. The number of rotatable bonds is 5. The minimum absolute atomic E-state index is 0.444. The quantitative estimate of drug-likeness (QED) is 0.847. The standard InChI is InChI=1S/C17H19ClN2S/c1-12-9-14(17(19)21)5-6-15(12)11-20(2)10-13-3-7-16(18)8-4-13/h3-9H,10-11H2,1-2H3,(H2,19,21). The minimum atomic E-state index is 0.444. The summed E-state index contributed by atoms with van der Waals surface area (Å²) < 4.78 is 0. The first-order valence-corrected chi connectivity index (χ1v) is 7.56. The Hall–Kier alpha value is -1.42. The van der Waals surface area contributed by atoms with Crippen molar-refractivity contribution in [3.05, 3.63) is 69.7 Å². The van der Waals surface area contributed by atoms with Crippen molar-refractivity contribution in [1.29, 1.82) is 0 Å². The summed E-state index contributed by atoms with van der Waals surface area (Å²) in [5, 5.41) is 0.769. The Morgan fingerprint density at radius 1 is 1.14 bits per heavy atom. The van der Waals surface area contributed by atoms with Gasteiger partial charge in [-0.15, -0.1) is 0 Å². The molecule has 2 aromatic carbocycles. The zero-order valence-electron chi connectivity index (χ0n) is 12.3. The SMILES string of the molecule is Cc1cc(C(N)=S)ccc1CN(C)Cc1ccc(Cl)cc1. The van der Waals surface area contributed by atoms with Gasteiger partial charge in [-0.1, -0.05) is 48.1 Å². The first kappa shape index (κ1) is 16.0. The normalized spacial score (nSPS) is 10.9. The van der Waals surface area contributed by atoms with Gasteiger partial charge in [-0.3, -0.25) is 4.90 Å². The molecule has 0 saturated carbocycles. The monoisotopic (exact) mass is 318 g/mol. The lowest BCUT2D eigenvalue weighted by Gasteiger charge is -2.18. The lowest BCUT2D eigenvalue weighted by Crippen LogP contribution is -2.18. The fourth-order valence-electron chi connectivity index (χ4n) is 2.27. The molecule has 2 nitrogen and oxygen atoms in total. The van der Waals surface area contributed by atoms with Crippen molar-refractivity contribution in [3.63, 3.8) is 0 Å². The van der Waals surface area contributed by atoms with Crippen LogP contribution in [0.5, 0.6) is 0 Å². The molecule has 0 saturated heterocycles. The largest absolute Gasteiger partial charge is 0.389 e. The van der Waals surface area contributed by atoms with E-state index in [2.05, 4.69) is 37.1 Å². The highest BCUT2D eigenvalue weighted by Crippen LogP contribution is 2.16. The van der Waals surface area contributed by atoms with Crippen LogP contribution >= 0.6 is 23.8 Å². The van der Waals surface area contributed by atoms with E-state index in [-0.39, 0.29) is 0 Å². The van der Waals surface area contributed by atoms with Gasteiger partial charge in [0.05, 0.1) is 0 Å². The molecule has 21 heavy (non-hydrogen) atoms. The molecule has 0 unspecified atom stereocenters. The third-order valence-electron chi connectivity index (χ3n) is 3.43. The van der Waals surface area contributed by atoms with E-state index in [1.54, 1.807) is 0 Å². The minimum Gasteiger partial charge on any atom is -0.389 e. The van der Waals surface area contributed by atoms with E-state index in [4.69, 9.17) is 29.6 Å². The number of hydrogen-bond acceptors (Lipinski definition) is 2. The van der Waals surface area contributed by atoms with Crippen LogP contribution in [-0.2, 0) is 13.1 Å². The van der Waals surface area contributed by atoms with Gasteiger partial charge in [0, 0.05) is 23.7 Å². The Kier molecular flexibility index (Phi) is 5.34. The highest BCUT2D eigenvalue weighted by molar-refractivity contribution is 7.80. The summed E-state index contributed by atoms with van der Waals surface area (Å²) >= 11 is 10.9. The predicted molar refractivity (Wildman–Crippen MR) is 93.7 cm³/mol. The second-order valence-electron chi connectivity index (χ2n) is 5.30. The van der Waals surface area contributed by atoms with Gasteiger partial charge in [0.2, 0.25) is 0 Å². The summed E-state index contributed by atoms with van der Waals surface area (Å²) in [6, 6.07) is 14.1. The summed E-state index contributed by atoms with van der Waals surface area (Å²) in [6.45, 7) is 3.85. The molecule has 0 aliphatic rings. The third-order valence-corrected chi connectivity index (χ3v) is 3.92. The van der Waals surface area contributed by atoms with Gasteiger partial charge >= 0.3 is 0 Å². The third kappa shape index (κ3) is 4.53. The molecule has 2 N–H and O–H groups in total. The Balaban J connectivity index is 2.04. The molecule has 0 aliphatic heterocycles. The van der Waals surface area contributed by atoms with E-state index in [0.29, 0.717) is 4.99 Å². The first-order valence-electron chi connectivity index (χ1n) is 6.78. The summed E-state index contributed by atoms with van der Waals surface area (Å²) in [4.78, 5) is 2.71. The van der Waals surface area contributed by atoms with Gasteiger partial charge in [0.15, 0.2) is 0 Å². The number of nitrogens with two attached hydrogens (primary N) is 1. The van der Waals surface area contributed by atoms with E-state index < -0.39 is 0 Å². The van der Waals surface area contributed by atoms with Crippen LogP contribution in [0, 0.1) is 6.92 Å². The molecular weight excluding hydrogens is 300 g/mol. The molecular formula is C17H19ClN2S. The predicted octanol–water partition coefficient (Wildman–Crippen LogP) is 3.91. The van der Waals surface area contributed by atoms with Crippen LogP contribution in [-0.4, -0.2) is 16.9 Å². The smallest absolute Gasteiger partial charge is 0.103 e. The summed E-state index contributed by atoms with van der Waals surface area (Å²) in [5.74, 6) is 0. The van der Waals surface area contributed by atoms with Crippen LogP contribution in [0.25, 0.3) is 0 Å². The average Bonchev–Trinajstić information content (AvgIpc) is 2.43. The van der Waals surface area contributed by atoms with Crippen LogP contribution < -0.4 is 5.73 Å². The second kappa shape index (κ2) is 7.03. The van der Waals surface area contributed by atoms with Crippen LogP contribution in [0.2, 0.25) is 5.02 Å². The topological polar surface area (TPSA) is 29.3 Å². The Morgan fingerprint density at radius 3 is 2.38 bits per heavy atom. The summed E-state index contributed by atoms with van der Waals surface area (Å²) in [6.07, 6.45) is 0. The van der Waals surface area contributed by atoms with Crippen molar-refractivity contribution in [2.45, 2.75) is 20.0 Å². The first-order chi connectivity index (χ1) is 9.95. The van der Waals surface area contributed by atoms with Crippen LogP contribution in [0.15, 0.2) is 42.5 Å². The number of aryl methyl sites for hydroxylation is 1. The van der Waals surface area contributed by atoms with E-state index >= 15 is 0 Å². The average molecular weight is 319 g/mol. The van der Waals surface area contributed by atoms with Gasteiger partial charge in [-0.05, 0) is 48.9 Å². The van der Waals surface area contributed by atoms with Crippen LogP contribution in [0.4, 0.5) is 0 Å². The molecule has 0 fully saturated rings. The highest BCUT2D eigenvalue weighted by Gasteiger charge is 2.06. The van der Waals surface area contributed by atoms with E-state index in [1.807, 2.05) is 24.3 Å². The summed E-state index contributed by atoms with van der Waals surface area (Å²) in [5.41, 5.74) is 10.3. The fraction of sp³-hybridized carbons (Fsp3) is 0.235. The molecule has 0 heterocycles. The van der Waals surface area contributed by atoms with Crippen molar-refractivity contribution >= 4 is 28.8 Å². The van der Waals surface area contributed by atoms with Crippen molar-refractivity contribution < 1.29 is 0 Å². The van der Waals surface area contributed by atoms with Gasteiger partial charge < -0.3 is 5.73 Å². The second-order valence-corrected chi connectivity index (χ2v) is 6.18. The Bertz CT molecular complexity index is 638. The zero-order valence-corrected chi connectivity index (χ0v) is 13.8. The molecule has 0 bridgehead atoms. The van der Waals surface area contributed by atoms with Gasteiger partial charge in [-0.25, -0.2) is 0 Å². The maximum Gasteiger partial charge on any atom is 0.103 e. The molecule has 0 aliphatic carbocycles. The van der Waals surface area contributed by atoms with Crippen molar-refractivity contribution in [2.24, 2.45) is 5.73 Å². The molecule has 0 amide bonds. The van der Waals surface area contributed by atoms with Crippen molar-refractivity contribution in [2.75, 3.05) is 7.05 Å². The maximum atomic E-state index is 5.90. The number of hydrogen-bond donors (Lipinski definition) is 1. The number of thiocarbonyl (C=S) groups is 1. The lowest BCUT2D eigenvalue weighted by atomic mass is 10.0. The molecule has 2 rings (SSSR count). The molecule has 0 aromatic heterocycles. The van der Waals surface area contributed by atoms with Crippen LogP contribution in [0.3, 0.4) is 0 Å². The fourth-order valence-corrected chi connectivity index (χ4v) is 2.53. The van der Waals surface area contributed by atoms with E-state index in [0.717, 1.165) is 23.7 Å². The van der Waals surface area contributed by atoms with Crippen molar-refractivity contribution in [3.8, 4) is 0 Å². The zero-order chi connectivity index (χ0) is 15.4. The van der Waals surface area contributed by atoms with E-state index in [9.17, 15) is 0 Å². The van der Waals surface area contributed by atoms with Gasteiger partial charge in [0.25, 0.3) is 0 Å². The lowest BCUT2D eigenvalue weighted by molar-refractivity contribution is 0.318. The van der Waals surface area contributed by atoms with Crippen LogP contribution in [0.1, 0.15) is 22.3 Å². The molecule has 0 atom stereocenters.